The van der Waals surface area contributed by atoms with E-state index >= 15 is 0 Å². The van der Waals surface area contributed by atoms with Crippen LogP contribution in [0.1, 0.15) is 29.2 Å². The summed E-state index contributed by atoms with van der Waals surface area (Å²) in [5.74, 6) is 0. The number of hydrogen-bond acceptors (Lipinski definition) is 2. The molecule has 0 radical (unpaired) electrons. The van der Waals surface area contributed by atoms with Crippen LogP contribution in [0.5, 0.6) is 0 Å². The van der Waals surface area contributed by atoms with Crippen LogP contribution in [-0.2, 0) is 0 Å². The summed E-state index contributed by atoms with van der Waals surface area (Å²) < 4.78 is 0. The van der Waals surface area contributed by atoms with Gasteiger partial charge in [-0.05, 0) is 25.8 Å². The molecule has 2 nitrogen and oxygen atoms in total. The van der Waals surface area contributed by atoms with Crippen molar-refractivity contribution in [1.29, 1.82) is 0 Å². The van der Waals surface area contributed by atoms with Gasteiger partial charge in [-0.25, -0.2) is 0 Å². The Balaban J connectivity index is 0.00000169. The summed E-state index contributed by atoms with van der Waals surface area (Å²) in [6, 6.07) is 6.24. The van der Waals surface area contributed by atoms with E-state index in [1.54, 1.807) is 0 Å². The minimum absolute atomic E-state index is 0. The molecule has 0 heterocycles. The Morgan fingerprint density at radius 1 is 1.21 bits per heavy atom. The Hall–Kier alpha value is -0.570. The minimum atomic E-state index is -0.0383. The number of benzene rings is 1. The first-order valence-corrected chi connectivity index (χ1v) is 4.58. The van der Waals surface area contributed by atoms with Gasteiger partial charge in [0.05, 0.1) is 0 Å². The summed E-state index contributed by atoms with van der Waals surface area (Å²) in [7, 11) is 0. The van der Waals surface area contributed by atoms with Gasteiger partial charge in [0.2, 0.25) is 0 Å². The first kappa shape index (κ1) is 13.4. The lowest BCUT2D eigenvalue weighted by Gasteiger charge is -2.11. The van der Waals surface area contributed by atoms with E-state index in [1.165, 1.54) is 11.1 Å². The molecule has 0 aliphatic heterocycles. The van der Waals surface area contributed by atoms with Crippen molar-refractivity contribution in [2.45, 2.75) is 26.3 Å². The van der Waals surface area contributed by atoms with E-state index in [1.807, 2.05) is 0 Å². The molecule has 0 spiro atoms. The molecule has 0 unspecified atom stereocenters. The van der Waals surface area contributed by atoms with Gasteiger partial charge in [-0.1, -0.05) is 29.3 Å². The highest BCUT2D eigenvalue weighted by Gasteiger charge is 2.05. The lowest BCUT2D eigenvalue weighted by Crippen LogP contribution is -2.12. The van der Waals surface area contributed by atoms with E-state index < -0.39 is 0 Å². The molecule has 0 aliphatic rings. The summed E-state index contributed by atoms with van der Waals surface area (Å²) in [6.07, 6.45) is 0.628. The van der Waals surface area contributed by atoms with Crippen molar-refractivity contribution < 1.29 is 5.11 Å². The Bertz CT molecular complexity index is 268. The number of nitrogens with two attached hydrogens (primary N) is 1. The van der Waals surface area contributed by atoms with Crippen LogP contribution in [0.25, 0.3) is 0 Å². The van der Waals surface area contributed by atoms with E-state index in [9.17, 15) is 0 Å². The summed E-state index contributed by atoms with van der Waals surface area (Å²) in [5.41, 5.74) is 9.45. The summed E-state index contributed by atoms with van der Waals surface area (Å²) in [5, 5.41) is 8.76. The molecule has 0 bridgehead atoms. The van der Waals surface area contributed by atoms with Gasteiger partial charge in [-0.3, -0.25) is 0 Å². The second kappa shape index (κ2) is 6.02. The highest BCUT2D eigenvalue weighted by Crippen LogP contribution is 2.17. The van der Waals surface area contributed by atoms with Crippen molar-refractivity contribution in [3.63, 3.8) is 0 Å². The molecular weight excluding hydrogens is 198 g/mol. The smallest absolute Gasteiger partial charge is 0.0449 e. The Morgan fingerprint density at radius 3 is 2.14 bits per heavy atom. The molecule has 0 aliphatic carbocycles. The lowest BCUT2D eigenvalue weighted by molar-refractivity contribution is 0.276. The molecule has 3 N–H and O–H groups in total. The molecule has 0 saturated carbocycles. The van der Waals surface area contributed by atoms with Gasteiger partial charge in [0, 0.05) is 12.6 Å². The first-order valence-electron chi connectivity index (χ1n) is 4.58. The lowest BCUT2D eigenvalue weighted by atomic mass is 10.0. The normalized spacial score (nSPS) is 12.0. The van der Waals surface area contributed by atoms with E-state index in [0.717, 1.165) is 5.56 Å². The zero-order chi connectivity index (χ0) is 9.84. The molecule has 3 heteroatoms. The van der Waals surface area contributed by atoms with Crippen molar-refractivity contribution >= 4 is 12.4 Å². The number of aryl methyl sites for hydroxylation is 2. The largest absolute Gasteiger partial charge is 0.396 e. The van der Waals surface area contributed by atoms with Gasteiger partial charge in [0.25, 0.3) is 0 Å². The minimum Gasteiger partial charge on any atom is -0.396 e. The van der Waals surface area contributed by atoms with Gasteiger partial charge in [-0.15, -0.1) is 12.4 Å². The SMILES string of the molecule is Cc1cc(C)cc([C@H](N)CCO)c1.Cl. The summed E-state index contributed by atoms with van der Waals surface area (Å²) >= 11 is 0. The second-order valence-corrected chi connectivity index (χ2v) is 3.54. The van der Waals surface area contributed by atoms with Crippen molar-refractivity contribution in [1.82, 2.24) is 0 Å². The van der Waals surface area contributed by atoms with E-state index in [-0.39, 0.29) is 25.1 Å². The molecule has 14 heavy (non-hydrogen) atoms. The number of aliphatic hydroxyl groups is 1. The molecule has 80 valence electrons. The van der Waals surface area contributed by atoms with Crippen molar-refractivity contribution in [3.8, 4) is 0 Å². The fraction of sp³-hybridized carbons (Fsp3) is 0.455. The topological polar surface area (TPSA) is 46.2 Å². The van der Waals surface area contributed by atoms with E-state index in [4.69, 9.17) is 10.8 Å². The van der Waals surface area contributed by atoms with Gasteiger partial charge in [0.1, 0.15) is 0 Å². The average molecular weight is 216 g/mol. The van der Waals surface area contributed by atoms with Crippen molar-refractivity contribution in [2.24, 2.45) is 5.73 Å². The molecule has 0 saturated heterocycles. The fourth-order valence-electron chi connectivity index (χ4n) is 1.53. The van der Waals surface area contributed by atoms with Crippen molar-refractivity contribution in [3.05, 3.63) is 34.9 Å². The van der Waals surface area contributed by atoms with Crippen LogP contribution in [0.2, 0.25) is 0 Å². The zero-order valence-corrected chi connectivity index (χ0v) is 9.47. The second-order valence-electron chi connectivity index (χ2n) is 3.54. The van der Waals surface area contributed by atoms with Crippen LogP contribution in [0, 0.1) is 13.8 Å². The van der Waals surface area contributed by atoms with Gasteiger partial charge in [-0.2, -0.15) is 0 Å². The van der Waals surface area contributed by atoms with Crippen LogP contribution in [-0.4, -0.2) is 11.7 Å². The number of aliphatic hydroxyl groups excluding tert-OH is 1. The number of halogens is 1. The molecule has 1 rings (SSSR count). The molecular formula is C11H18ClNO. The first-order chi connectivity index (χ1) is 6.13. The standard InChI is InChI=1S/C11H17NO.ClH/c1-8-5-9(2)7-10(6-8)11(12)3-4-13;/h5-7,11,13H,3-4,12H2,1-2H3;1H/t11-;/m1./s1. The Kier molecular flexibility index (Phi) is 5.77. The van der Waals surface area contributed by atoms with Gasteiger partial charge < -0.3 is 10.8 Å². The maximum Gasteiger partial charge on any atom is 0.0449 e. The highest BCUT2D eigenvalue weighted by atomic mass is 35.5. The monoisotopic (exact) mass is 215 g/mol. The van der Waals surface area contributed by atoms with Crippen LogP contribution in [0.4, 0.5) is 0 Å². The van der Waals surface area contributed by atoms with Gasteiger partial charge in [0.15, 0.2) is 0 Å². The quantitative estimate of drug-likeness (QED) is 0.812. The number of rotatable bonds is 3. The van der Waals surface area contributed by atoms with Crippen LogP contribution >= 0.6 is 12.4 Å². The average Bonchev–Trinajstić information content (AvgIpc) is 2.03. The van der Waals surface area contributed by atoms with Crippen LogP contribution in [0.15, 0.2) is 18.2 Å². The molecule has 0 amide bonds. The predicted molar refractivity (Wildman–Crippen MR) is 61.8 cm³/mol. The molecule has 1 atom stereocenters. The molecule has 0 aromatic heterocycles. The van der Waals surface area contributed by atoms with Crippen LogP contribution in [0.3, 0.4) is 0 Å². The number of hydrogen-bond donors (Lipinski definition) is 2. The Labute approximate surface area is 91.5 Å². The summed E-state index contributed by atoms with van der Waals surface area (Å²) in [4.78, 5) is 0. The zero-order valence-electron chi connectivity index (χ0n) is 8.66. The van der Waals surface area contributed by atoms with E-state index in [2.05, 4.69) is 32.0 Å². The predicted octanol–water partition coefficient (Wildman–Crippen LogP) is 2.11. The highest BCUT2D eigenvalue weighted by molar-refractivity contribution is 5.85. The maximum atomic E-state index is 8.76. The third-order valence-electron chi connectivity index (χ3n) is 2.11. The molecule has 1 aromatic rings. The fourth-order valence-corrected chi connectivity index (χ4v) is 1.53. The summed E-state index contributed by atoms with van der Waals surface area (Å²) in [6.45, 7) is 4.26. The third-order valence-corrected chi connectivity index (χ3v) is 2.11. The van der Waals surface area contributed by atoms with Gasteiger partial charge >= 0.3 is 0 Å². The maximum absolute atomic E-state index is 8.76. The Morgan fingerprint density at radius 2 is 1.71 bits per heavy atom. The van der Waals surface area contributed by atoms with Crippen molar-refractivity contribution in [2.75, 3.05) is 6.61 Å². The molecule has 1 aromatic carbocycles. The molecule has 0 fully saturated rings. The third kappa shape index (κ3) is 3.66. The van der Waals surface area contributed by atoms with Crippen LogP contribution < -0.4 is 5.73 Å². The van der Waals surface area contributed by atoms with E-state index in [0.29, 0.717) is 6.42 Å².